The zero-order chi connectivity index (χ0) is 17.1. The summed E-state index contributed by atoms with van der Waals surface area (Å²) in [7, 11) is 0. The van der Waals surface area contributed by atoms with Gasteiger partial charge in [0.2, 0.25) is 0 Å². The van der Waals surface area contributed by atoms with Crippen LogP contribution in [-0.2, 0) is 14.4 Å². The minimum atomic E-state index is -1.51. The van der Waals surface area contributed by atoms with Crippen LogP contribution in [0, 0.1) is 6.92 Å². The number of thiocarbonyl (C=S) groups is 1. The highest BCUT2D eigenvalue weighted by molar-refractivity contribution is 8.26. The van der Waals surface area contributed by atoms with Crippen LogP contribution in [0.3, 0.4) is 0 Å². The van der Waals surface area contributed by atoms with Crippen LogP contribution < -0.4 is 0 Å². The number of aryl methyl sites for hydroxylation is 1. The molecule has 8 heteroatoms. The van der Waals surface area contributed by atoms with Crippen LogP contribution in [0.5, 0.6) is 0 Å². The molecule has 1 aliphatic rings. The Morgan fingerprint density at radius 3 is 2.65 bits per heavy atom. The van der Waals surface area contributed by atoms with Crippen LogP contribution in [-0.4, -0.2) is 43.3 Å². The molecule has 1 aromatic rings. The number of carboxylic acid groups (broad SMARTS) is 2. The number of carbonyl (C=O) groups excluding carboxylic acids is 1. The topological polar surface area (TPSA) is 94.9 Å². The second-order valence-electron chi connectivity index (χ2n) is 4.92. The lowest BCUT2D eigenvalue weighted by Gasteiger charge is -2.21. The fourth-order valence-corrected chi connectivity index (χ4v) is 3.47. The standard InChI is InChI=1S/C15H13NO5S2/c1-8-3-2-4-9(5-8)6-11-13(19)16(15(22)23-11)10(14(20)21)7-12(17)18/h2-6,10H,7H2,1H3,(H,17,18)(H,20,21)/b11-6+/t10-/m0/s1. The quantitative estimate of drug-likeness (QED) is 0.620. The molecule has 0 saturated carbocycles. The molecule has 23 heavy (non-hydrogen) atoms. The van der Waals surface area contributed by atoms with Gasteiger partial charge < -0.3 is 10.2 Å². The van der Waals surface area contributed by atoms with E-state index in [2.05, 4.69) is 0 Å². The Kier molecular flexibility index (Phi) is 5.17. The van der Waals surface area contributed by atoms with E-state index in [1.165, 1.54) is 0 Å². The van der Waals surface area contributed by atoms with Crippen molar-refractivity contribution in [1.29, 1.82) is 0 Å². The highest BCUT2D eigenvalue weighted by Gasteiger charge is 2.41. The van der Waals surface area contributed by atoms with Crippen molar-refractivity contribution in [3.05, 3.63) is 40.3 Å². The first-order valence-corrected chi connectivity index (χ1v) is 7.80. The lowest BCUT2D eigenvalue weighted by Crippen LogP contribution is -2.45. The molecule has 0 aromatic heterocycles. The molecule has 1 amide bonds. The van der Waals surface area contributed by atoms with Gasteiger partial charge in [0.05, 0.1) is 11.3 Å². The van der Waals surface area contributed by atoms with E-state index < -0.39 is 30.3 Å². The smallest absolute Gasteiger partial charge is 0.327 e. The molecule has 0 bridgehead atoms. The molecule has 0 unspecified atom stereocenters. The molecule has 1 saturated heterocycles. The zero-order valence-electron chi connectivity index (χ0n) is 12.1. The summed E-state index contributed by atoms with van der Waals surface area (Å²) in [5.41, 5.74) is 1.80. The predicted octanol–water partition coefficient (Wildman–Crippen LogP) is 2.12. The van der Waals surface area contributed by atoms with Crippen molar-refractivity contribution in [3.63, 3.8) is 0 Å². The van der Waals surface area contributed by atoms with Gasteiger partial charge in [-0.3, -0.25) is 14.5 Å². The van der Waals surface area contributed by atoms with Gasteiger partial charge in [0.15, 0.2) is 0 Å². The predicted molar refractivity (Wildman–Crippen MR) is 89.9 cm³/mol. The van der Waals surface area contributed by atoms with Gasteiger partial charge in [-0.1, -0.05) is 53.8 Å². The van der Waals surface area contributed by atoms with Gasteiger partial charge in [-0.25, -0.2) is 4.79 Å². The summed E-state index contributed by atoms with van der Waals surface area (Å²) in [5.74, 6) is -3.30. The van der Waals surface area contributed by atoms with Crippen LogP contribution in [0.2, 0.25) is 0 Å². The number of nitrogens with zero attached hydrogens (tertiary/aromatic N) is 1. The molecule has 0 radical (unpaired) electrons. The van der Waals surface area contributed by atoms with E-state index in [0.717, 1.165) is 27.8 Å². The fourth-order valence-electron chi connectivity index (χ4n) is 2.11. The molecule has 2 N–H and O–H groups in total. The van der Waals surface area contributed by atoms with Gasteiger partial charge in [0, 0.05) is 0 Å². The van der Waals surface area contributed by atoms with E-state index >= 15 is 0 Å². The molecule has 0 aliphatic carbocycles. The van der Waals surface area contributed by atoms with Gasteiger partial charge >= 0.3 is 11.9 Å². The third-order valence-electron chi connectivity index (χ3n) is 3.13. The molecule has 1 heterocycles. The van der Waals surface area contributed by atoms with Crippen LogP contribution in [0.15, 0.2) is 29.2 Å². The monoisotopic (exact) mass is 351 g/mol. The molecule has 1 aromatic carbocycles. The minimum Gasteiger partial charge on any atom is -0.481 e. The maximum Gasteiger partial charge on any atom is 0.327 e. The number of hydrogen-bond donors (Lipinski definition) is 2. The minimum absolute atomic E-state index is 0.0440. The number of thioether (sulfide) groups is 1. The van der Waals surface area contributed by atoms with E-state index in [1.54, 1.807) is 6.08 Å². The first-order chi connectivity index (χ1) is 10.8. The molecular formula is C15H13NO5S2. The third-order valence-corrected chi connectivity index (χ3v) is 4.46. The molecule has 120 valence electrons. The van der Waals surface area contributed by atoms with Crippen molar-refractivity contribution in [1.82, 2.24) is 4.90 Å². The SMILES string of the molecule is Cc1cccc(/C=C2/SC(=S)N([C@@H](CC(=O)O)C(=O)O)C2=O)c1. The molecule has 6 nitrogen and oxygen atoms in total. The zero-order valence-corrected chi connectivity index (χ0v) is 13.7. The summed E-state index contributed by atoms with van der Waals surface area (Å²) in [6.45, 7) is 1.91. The van der Waals surface area contributed by atoms with Crippen molar-refractivity contribution in [2.45, 2.75) is 19.4 Å². The highest BCUT2D eigenvalue weighted by atomic mass is 32.2. The largest absolute Gasteiger partial charge is 0.481 e. The second kappa shape index (κ2) is 6.93. The molecule has 2 rings (SSSR count). The summed E-state index contributed by atoms with van der Waals surface area (Å²) in [6.07, 6.45) is 0.908. The Bertz CT molecular complexity index is 728. The number of carboxylic acids is 2. The van der Waals surface area contributed by atoms with Crippen molar-refractivity contribution in [2.75, 3.05) is 0 Å². The van der Waals surface area contributed by atoms with Crippen LogP contribution >= 0.6 is 24.0 Å². The lowest BCUT2D eigenvalue weighted by molar-refractivity contribution is -0.150. The summed E-state index contributed by atoms with van der Waals surface area (Å²) < 4.78 is 0.0440. The number of rotatable bonds is 5. The van der Waals surface area contributed by atoms with E-state index in [4.69, 9.17) is 17.3 Å². The van der Waals surface area contributed by atoms with E-state index in [0.29, 0.717) is 0 Å². The van der Waals surface area contributed by atoms with Crippen molar-refractivity contribution >= 4 is 52.2 Å². The van der Waals surface area contributed by atoms with Crippen LogP contribution in [0.4, 0.5) is 0 Å². The molecule has 1 aliphatic heterocycles. The maximum absolute atomic E-state index is 12.4. The van der Waals surface area contributed by atoms with Gasteiger partial charge in [0.1, 0.15) is 10.4 Å². The number of aliphatic carboxylic acids is 2. The molecule has 1 fully saturated rings. The van der Waals surface area contributed by atoms with Gasteiger partial charge in [0.25, 0.3) is 5.91 Å². The summed E-state index contributed by atoms with van der Waals surface area (Å²) in [6, 6.07) is 5.93. The third kappa shape index (κ3) is 3.96. The highest BCUT2D eigenvalue weighted by Crippen LogP contribution is 2.34. The van der Waals surface area contributed by atoms with E-state index in [9.17, 15) is 19.5 Å². The first-order valence-electron chi connectivity index (χ1n) is 6.58. The maximum atomic E-state index is 12.4. The Balaban J connectivity index is 2.32. The summed E-state index contributed by atoms with van der Waals surface area (Å²) in [5, 5.41) is 18.0. The fraction of sp³-hybridized carbons (Fsp3) is 0.200. The van der Waals surface area contributed by atoms with E-state index in [1.807, 2.05) is 31.2 Å². The second-order valence-corrected chi connectivity index (χ2v) is 6.59. The Morgan fingerprint density at radius 1 is 1.39 bits per heavy atom. The van der Waals surface area contributed by atoms with Gasteiger partial charge in [-0.2, -0.15) is 0 Å². The van der Waals surface area contributed by atoms with E-state index in [-0.39, 0.29) is 9.23 Å². The average Bonchev–Trinajstić information content (AvgIpc) is 2.71. The summed E-state index contributed by atoms with van der Waals surface area (Å²) in [4.78, 5) is 35.7. The Labute approximate surface area is 141 Å². The number of carbonyl (C=O) groups is 3. The van der Waals surface area contributed by atoms with Gasteiger partial charge in [-0.15, -0.1) is 0 Å². The number of benzene rings is 1. The molecule has 0 spiro atoms. The molecular weight excluding hydrogens is 338 g/mol. The van der Waals surface area contributed by atoms with Crippen molar-refractivity contribution in [2.24, 2.45) is 0 Å². The lowest BCUT2D eigenvalue weighted by atomic mass is 10.1. The normalized spacial score (nSPS) is 17.6. The number of amides is 1. The first kappa shape index (κ1) is 17.2. The summed E-state index contributed by atoms with van der Waals surface area (Å²) >= 11 is 6.02. The Hall–Kier alpha value is -2.19. The van der Waals surface area contributed by atoms with Crippen LogP contribution in [0.25, 0.3) is 6.08 Å². The number of hydrogen-bond acceptors (Lipinski definition) is 5. The van der Waals surface area contributed by atoms with Gasteiger partial charge in [-0.05, 0) is 18.6 Å². The average molecular weight is 351 g/mol. The van der Waals surface area contributed by atoms with Crippen LogP contribution in [0.1, 0.15) is 17.5 Å². The van der Waals surface area contributed by atoms with Crippen molar-refractivity contribution < 1.29 is 24.6 Å². The molecule has 1 atom stereocenters. The Morgan fingerprint density at radius 2 is 2.09 bits per heavy atom. The van der Waals surface area contributed by atoms with Crippen molar-refractivity contribution in [3.8, 4) is 0 Å².